The minimum atomic E-state index is -0.421. The summed E-state index contributed by atoms with van der Waals surface area (Å²) in [4.78, 5) is 5.43. The molecule has 3 aromatic rings. The van der Waals surface area contributed by atoms with Gasteiger partial charge in [-0.25, -0.2) is 9.37 Å². The van der Waals surface area contributed by atoms with Crippen molar-refractivity contribution >= 4 is 27.6 Å². The minimum absolute atomic E-state index is 0.291. The molecular formula is C22H23FN4S. The molecule has 4 rings (SSSR count). The highest BCUT2D eigenvalue weighted by Gasteiger charge is 2.27. The smallest absolute Gasteiger partial charge is 0.142 e. The zero-order valence-corrected chi connectivity index (χ0v) is 16.9. The number of nitrogens with one attached hydrogen (secondary N) is 1. The molecule has 4 nitrogen and oxygen atoms in total. The first kappa shape index (κ1) is 18.9. The normalized spacial score (nSPS) is 15.1. The molecule has 1 atom stereocenters. The van der Waals surface area contributed by atoms with Crippen LogP contribution in [0.25, 0.3) is 22.3 Å². The number of benzene rings is 1. The van der Waals surface area contributed by atoms with Gasteiger partial charge in [-0.1, -0.05) is 28.7 Å². The van der Waals surface area contributed by atoms with Crippen LogP contribution < -0.4 is 4.72 Å². The summed E-state index contributed by atoms with van der Waals surface area (Å²) in [6.07, 6.45) is 3.60. The predicted octanol–water partition coefficient (Wildman–Crippen LogP) is 5.10. The monoisotopic (exact) mass is 394 g/mol. The molecule has 0 amide bonds. The first-order valence-electron chi connectivity index (χ1n) is 9.46. The molecule has 1 aromatic carbocycles. The molecule has 0 bridgehead atoms. The number of nitriles is 1. The van der Waals surface area contributed by atoms with Gasteiger partial charge in [0.25, 0.3) is 0 Å². The van der Waals surface area contributed by atoms with Gasteiger partial charge >= 0.3 is 0 Å². The summed E-state index contributed by atoms with van der Waals surface area (Å²) >= 11 is 0. The molecule has 1 N–H and O–H groups in total. The molecule has 0 aliphatic heterocycles. The van der Waals surface area contributed by atoms with Gasteiger partial charge in [0.05, 0.1) is 17.5 Å². The summed E-state index contributed by atoms with van der Waals surface area (Å²) in [5.41, 5.74) is 2.95. The summed E-state index contributed by atoms with van der Waals surface area (Å²) in [6, 6.07) is 12.2. The molecule has 0 saturated heterocycles. The van der Waals surface area contributed by atoms with E-state index in [0.717, 1.165) is 22.7 Å². The second-order valence-electron chi connectivity index (χ2n) is 7.60. The van der Waals surface area contributed by atoms with Crippen LogP contribution in [0.3, 0.4) is 0 Å². The first-order chi connectivity index (χ1) is 13.5. The van der Waals surface area contributed by atoms with Gasteiger partial charge in [0.15, 0.2) is 0 Å². The highest BCUT2D eigenvalue weighted by Crippen LogP contribution is 2.38. The fourth-order valence-electron chi connectivity index (χ4n) is 3.48. The van der Waals surface area contributed by atoms with E-state index >= 15 is 0 Å². The molecule has 2 aromatic heterocycles. The molecule has 0 radical (unpaired) electrons. The molecule has 1 fully saturated rings. The van der Waals surface area contributed by atoms with E-state index in [0.29, 0.717) is 28.6 Å². The lowest BCUT2D eigenvalue weighted by Crippen LogP contribution is -2.15. The Morgan fingerprint density at radius 3 is 2.68 bits per heavy atom. The molecule has 1 unspecified atom stereocenters. The predicted molar refractivity (Wildman–Crippen MR) is 114 cm³/mol. The van der Waals surface area contributed by atoms with Crippen LogP contribution in [-0.2, 0) is 6.54 Å². The van der Waals surface area contributed by atoms with Gasteiger partial charge in [0, 0.05) is 22.9 Å². The maximum atomic E-state index is 13.8. The maximum Gasteiger partial charge on any atom is 0.142 e. The van der Waals surface area contributed by atoms with E-state index in [9.17, 15) is 9.65 Å². The molecule has 2 heterocycles. The van der Waals surface area contributed by atoms with Crippen LogP contribution >= 0.6 is 10.7 Å². The van der Waals surface area contributed by atoms with E-state index in [4.69, 9.17) is 0 Å². The number of pyridine rings is 1. The van der Waals surface area contributed by atoms with E-state index in [1.807, 2.05) is 12.1 Å². The van der Waals surface area contributed by atoms with E-state index in [1.165, 1.54) is 25.1 Å². The largest absolute Gasteiger partial charge is 0.324 e. The van der Waals surface area contributed by atoms with Crippen molar-refractivity contribution in [1.82, 2.24) is 14.3 Å². The number of fused-ring (bicyclic) bond motifs is 1. The number of nitrogens with zero attached hydrogens (tertiary/aromatic N) is 3. The standard InChI is InChI=1S/C22H23FN4S/c1-14(2)26-28(3)18-8-6-16(7-9-18)21-20(11-24)19-10-17(23)12-25-22(19)27(21)13-15-4-5-15/h6-10,12,14-15,26H,3-5,13H2,1-2H3. The molecule has 1 aliphatic carbocycles. The Morgan fingerprint density at radius 2 is 2.07 bits per heavy atom. The summed E-state index contributed by atoms with van der Waals surface area (Å²) in [5, 5.41) is 10.4. The molecule has 144 valence electrons. The fraction of sp³-hybridized carbons (Fsp3) is 0.318. The third-order valence-corrected chi connectivity index (χ3v) is 6.50. The molecule has 6 heteroatoms. The Hall–Kier alpha value is -2.49. The minimum Gasteiger partial charge on any atom is -0.324 e. The second-order valence-corrected chi connectivity index (χ2v) is 9.09. The Labute approximate surface area is 167 Å². The van der Waals surface area contributed by atoms with Crippen molar-refractivity contribution in [2.75, 3.05) is 0 Å². The third kappa shape index (κ3) is 3.60. The molecule has 28 heavy (non-hydrogen) atoms. The Balaban J connectivity index is 1.83. The van der Waals surface area contributed by atoms with Crippen LogP contribution in [-0.4, -0.2) is 21.5 Å². The molecule has 1 saturated carbocycles. The van der Waals surface area contributed by atoms with Crippen LogP contribution in [0.5, 0.6) is 0 Å². The maximum absolute atomic E-state index is 13.8. The van der Waals surface area contributed by atoms with Gasteiger partial charge in [0.2, 0.25) is 0 Å². The highest BCUT2D eigenvalue weighted by atomic mass is 32.2. The number of aromatic nitrogens is 2. The van der Waals surface area contributed by atoms with Crippen LogP contribution in [0.4, 0.5) is 4.39 Å². The SMILES string of the molecule is C=S(NC(C)C)c1ccc(-c2c(C#N)c3cc(F)cnc3n2CC2CC2)cc1. The van der Waals surface area contributed by atoms with Crippen LogP contribution in [0, 0.1) is 23.1 Å². The van der Waals surface area contributed by atoms with Crippen molar-refractivity contribution < 1.29 is 4.39 Å². The van der Waals surface area contributed by atoms with Crippen molar-refractivity contribution in [2.24, 2.45) is 5.92 Å². The van der Waals surface area contributed by atoms with Gasteiger partial charge in [-0.15, -0.1) is 0 Å². The van der Waals surface area contributed by atoms with E-state index < -0.39 is 5.82 Å². The number of hydrogen-bond acceptors (Lipinski definition) is 3. The fourth-order valence-corrected chi connectivity index (χ4v) is 4.65. The average Bonchev–Trinajstić information content (AvgIpc) is 3.43. The van der Waals surface area contributed by atoms with E-state index in [2.05, 4.69) is 52.2 Å². The quantitative estimate of drug-likeness (QED) is 0.592. The van der Waals surface area contributed by atoms with Gasteiger partial charge < -0.3 is 4.57 Å². The van der Waals surface area contributed by atoms with Gasteiger partial charge in [-0.2, -0.15) is 5.26 Å². The van der Waals surface area contributed by atoms with Crippen molar-refractivity contribution in [3.63, 3.8) is 0 Å². The number of halogens is 1. The van der Waals surface area contributed by atoms with Crippen molar-refractivity contribution in [1.29, 1.82) is 5.26 Å². The van der Waals surface area contributed by atoms with Gasteiger partial charge in [-0.05, 0) is 56.4 Å². The molecular weight excluding hydrogens is 371 g/mol. The van der Waals surface area contributed by atoms with Gasteiger partial charge in [-0.3, -0.25) is 4.72 Å². The van der Waals surface area contributed by atoms with E-state index in [-0.39, 0.29) is 10.7 Å². The zero-order valence-electron chi connectivity index (χ0n) is 16.1. The Bertz CT molecular complexity index is 1090. The van der Waals surface area contributed by atoms with Crippen molar-refractivity contribution in [3.05, 3.63) is 47.9 Å². The Kier molecular flexibility index (Phi) is 5.05. The van der Waals surface area contributed by atoms with Crippen molar-refractivity contribution in [3.8, 4) is 17.3 Å². The first-order valence-corrected chi connectivity index (χ1v) is 10.9. The van der Waals surface area contributed by atoms with Gasteiger partial charge in [0.1, 0.15) is 17.5 Å². The van der Waals surface area contributed by atoms with Crippen LogP contribution in [0.2, 0.25) is 0 Å². The third-order valence-electron chi connectivity index (χ3n) is 4.90. The van der Waals surface area contributed by atoms with Crippen LogP contribution in [0.15, 0.2) is 41.4 Å². The molecule has 1 aliphatic rings. The van der Waals surface area contributed by atoms with Crippen molar-refractivity contribution in [2.45, 2.75) is 44.2 Å². The number of rotatable bonds is 6. The number of hydrogen-bond donors (Lipinski definition) is 1. The lowest BCUT2D eigenvalue weighted by molar-refractivity contribution is 0.620. The Morgan fingerprint density at radius 1 is 1.36 bits per heavy atom. The highest BCUT2D eigenvalue weighted by molar-refractivity contribution is 8.12. The summed E-state index contributed by atoms with van der Waals surface area (Å²) < 4.78 is 19.3. The van der Waals surface area contributed by atoms with E-state index in [1.54, 1.807) is 0 Å². The summed E-state index contributed by atoms with van der Waals surface area (Å²) in [6.45, 7) is 5.00. The summed E-state index contributed by atoms with van der Waals surface area (Å²) in [7, 11) is -0.291. The zero-order chi connectivity index (χ0) is 19.8. The second kappa shape index (κ2) is 7.50. The topological polar surface area (TPSA) is 53.6 Å². The summed E-state index contributed by atoms with van der Waals surface area (Å²) in [5.74, 6) is 4.39. The lowest BCUT2D eigenvalue weighted by Gasteiger charge is -2.14. The average molecular weight is 395 g/mol. The van der Waals surface area contributed by atoms with Crippen LogP contribution in [0.1, 0.15) is 32.3 Å². The lowest BCUT2D eigenvalue weighted by atomic mass is 10.1. The molecule has 0 spiro atoms.